The second-order valence-corrected chi connectivity index (χ2v) is 7.47. The fourth-order valence-corrected chi connectivity index (χ4v) is 3.70. The molecule has 10 heteroatoms. The zero-order valence-electron chi connectivity index (χ0n) is 17.1. The van der Waals surface area contributed by atoms with Crippen LogP contribution in [-0.2, 0) is 11.2 Å². The summed E-state index contributed by atoms with van der Waals surface area (Å²) in [6, 6.07) is 13.0. The van der Waals surface area contributed by atoms with Crippen LogP contribution in [0, 0.1) is 0 Å². The molecule has 0 bridgehead atoms. The Morgan fingerprint density at radius 1 is 1.13 bits per heavy atom. The number of furan rings is 1. The van der Waals surface area contributed by atoms with Gasteiger partial charge in [0.15, 0.2) is 22.9 Å². The van der Waals surface area contributed by atoms with Gasteiger partial charge in [0.1, 0.15) is 5.69 Å². The molecule has 0 aliphatic heterocycles. The predicted molar refractivity (Wildman–Crippen MR) is 115 cm³/mol. The van der Waals surface area contributed by atoms with E-state index in [9.17, 15) is 4.79 Å². The fourth-order valence-electron chi connectivity index (χ4n) is 2.98. The third-order valence-corrected chi connectivity index (χ3v) is 5.44. The first kappa shape index (κ1) is 20.7. The number of hydrogen-bond acceptors (Lipinski definition) is 8. The van der Waals surface area contributed by atoms with Crippen molar-refractivity contribution in [2.75, 3.05) is 26.5 Å². The maximum Gasteiger partial charge on any atom is 0.230 e. The molecule has 0 aliphatic rings. The lowest BCUT2D eigenvalue weighted by atomic mass is 10.1. The molecule has 0 unspecified atom stereocenters. The quantitative estimate of drug-likeness (QED) is 0.397. The van der Waals surface area contributed by atoms with E-state index in [2.05, 4.69) is 20.6 Å². The molecule has 9 nitrogen and oxygen atoms in total. The van der Waals surface area contributed by atoms with Crippen molar-refractivity contribution in [2.45, 2.75) is 11.6 Å². The summed E-state index contributed by atoms with van der Waals surface area (Å²) in [7, 11) is 3.20. The summed E-state index contributed by atoms with van der Waals surface area (Å²) in [5, 5.41) is 16.2. The average molecular weight is 439 g/mol. The van der Waals surface area contributed by atoms with E-state index in [1.165, 1.54) is 11.8 Å². The summed E-state index contributed by atoms with van der Waals surface area (Å²) in [5.74, 6) is 2.11. The van der Waals surface area contributed by atoms with Crippen molar-refractivity contribution in [3.63, 3.8) is 0 Å². The van der Waals surface area contributed by atoms with E-state index >= 15 is 0 Å². The summed E-state index contributed by atoms with van der Waals surface area (Å²) in [6.07, 6.45) is 2.27. The highest BCUT2D eigenvalue weighted by Gasteiger charge is 2.12. The van der Waals surface area contributed by atoms with Crippen LogP contribution < -0.4 is 14.8 Å². The number of amides is 1. The van der Waals surface area contributed by atoms with Gasteiger partial charge in [0.25, 0.3) is 0 Å². The Hall–Kier alpha value is -3.53. The number of benzene rings is 1. The normalized spacial score (nSPS) is 10.9. The number of nitrogens with zero attached hydrogens (tertiary/aromatic N) is 4. The molecule has 3 aromatic heterocycles. The van der Waals surface area contributed by atoms with Gasteiger partial charge in [-0.1, -0.05) is 17.8 Å². The van der Waals surface area contributed by atoms with Gasteiger partial charge in [-0.2, -0.15) is 9.61 Å². The van der Waals surface area contributed by atoms with Crippen molar-refractivity contribution in [3.8, 4) is 23.0 Å². The molecule has 4 aromatic rings. The third-order valence-electron chi connectivity index (χ3n) is 4.52. The molecular formula is C21H21N5O4S. The van der Waals surface area contributed by atoms with Gasteiger partial charge in [-0.05, 0) is 48.4 Å². The lowest BCUT2D eigenvalue weighted by molar-refractivity contribution is -0.118. The molecule has 0 saturated heterocycles. The molecule has 1 N–H and O–H groups in total. The monoisotopic (exact) mass is 439 g/mol. The van der Waals surface area contributed by atoms with Crippen LogP contribution in [0.5, 0.6) is 11.5 Å². The summed E-state index contributed by atoms with van der Waals surface area (Å²) < 4.78 is 17.5. The number of hydrogen-bond donors (Lipinski definition) is 1. The molecule has 31 heavy (non-hydrogen) atoms. The highest BCUT2D eigenvalue weighted by Crippen LogP contribution is 2.27. The average Bonchev–Trinajstić information content (AvgIpc) is 3.47. The van der Waals surface area contributed by atoms with Crippen LogP contribution in [0.15, 0.2) is 58.3 Å². The lowest BCUT2D eigenvalue weighted by Gasteiger charge is -2.10. The standard InChI is InChI=1S/C21H21N5O4S/c1-28-17-7-5-14(12-18(17)29-2)9-10-22-20(27)13-31-21-24-23-19-8-6-15(25-26(19)21)16-4-3-11-30-16/h3-8,11-12H,9-10,13H2,1-2H3,(H,22,27). The number of thioether (sulfide) groups is 1. The van der Waals surface area contributed by atoms with Gasteiger partial charge in [0.05, 0.1) is 26.2 Å². The van der Waals surface area contributed by atoms with Crippen molar-refractivity contribution in [3.05, 3.63) is 54.3 Å². The van der Waals surface area contributed by atoms with E-state index in [-0.39, 0.29) is 11.7 Å². The first-order valence-corrected chi connectivity index (χ1v) is 10.5. The van der Waals surface area contributed by atoms with Gasteiger partial charge in [-0.25, -0.2) is 0 Å². The second kappa shape index (κ2) is 9.52. The van der Waals surface area contributed by atoms with Gasteiger partial charge in [-0.3, -0.25) is 4.79 Å². The summed E-state index contributed by atoms with van der Waals surface area (Å²) >= 11 is 1.28. The molecule has 160 valence electrons. The number of ether oxygens (including phenoxy) is 2. The zero-order chi connectivity index (χ0) is 21.6. The van der Waals surface area contributed by atoms with Gasteiger partial charge >= 0.3 is 0 Å². The molecule has 1 aromatic carbocycles. The Morgan fingerprint density at radius 3 is 2.77 bits per heavy atom. The van der Waals surface area contributed by atoms with Gasteiger partial charge in [0, 0.05) is 6.54 Å². The second-order valence-electron chi connectivity index (χ2n) is 6.53. The van der Waals surface area contributed by atoms with Crippen molar-refractivity contribution in [1.29, 1.82) is 0 Å². The van der Waals surface area contributed by atoms with Crippen LogP contribution in [0.3, 0.4) is 0 Å². The van der Waals surface area contributed by atoms with Crippen LogP contribution in [-0.4, -0.2) is 52.2 Å². The van der Waals surface area contributed by atoms with Crippen LogP contribution in [0.2, 0.25) is 0 Å². The van der Waals surface area contributed by atoms with Crippen LogP contribution >= 0.6 is 11.8 Å². The van der Waals surface area contributed by atoms with Crippen molar-refractivity contribution in [2.24, 2.45) is 0 Å². The lowest BCUT2D eigenvalue weighted by Crippen LogP contribution is -2.27. The number of carbonyl (C=O) groups is 1. The van der Waals surface area contributed by atoms with Gasteiger partial charge in [0.2, 0.25) is 11.1 Å². The van der Waals surface area contributed by atoms with Crippen molar-refractivity contribution >= 4 is 23.3 Å². The third kappa shape index (κ3) is 4.80. The van der Waals surface area contributed by atoms with Gasteiger partial charge in [-0.15, -0.1) is 10.2 Å². The fraction of sp³-hybridized carbons (Fsp3) is 0.238. The molecule has 1 amide bonds. The Kier molecular flexibility index (Phi) is 6.37. The van der Waals surface area contributed by atoms with Crippen molar-refractivity contribution in [1.82, 2.24) is 25.1 Å². The molecule has 0 atom stereocenters. The van der Waals surface area contributed by atoms with E-state index < -0.39 is 0 Å². The van der Waals surface area contributed by atoms with E-state index in [1.54, 1.807) is 31.1 Å². The minimum Gasteiger partial charge on any atom is -0.493 e. The highest BCUT2D eigenvalue weighted by atomic mass is 32.2. The first-order valence-electron chi connectivity index (χ1n) is 9.54. The predicted octanol–water partition coefficient (Wildman–Crippen LogP) is 2.85. The summed E-state index contributed by atoms with van der Waals surface area (Å²) in [6.45, 7) is 0.510. The van der Waals surface area contributed by atoms with E-state index in [4.69, 9.17) is 13.9 Å². The van der Waals surface area contributed by atoms with E-state index in [1.807, 2.05) is 36.4 Å². The zero-order valence-corrected chi connectivity index (χ0v) is 17.9. The maximum atomic E-state index is 12.3. The topological polar surface area (TPSA) is 104 Å². The number of rotatable bonds is 9. The van der Waals surface area contributed by atoms with Crippen LogP contribution in [0.4, 0.5) is 0 Å². The maximum absolute atomic E-state index is 12.3. The number of fused-ring (bicyclic) bond motifs is 1. The molecule has 3 heterocycles. The molecule has 0 fully saturated rings. The Bertz CT molecular complexity index is 1180. The largest absolute Gasteiger partial charge is 0.493 e. The Balaban J connectivity index is 1.32. The molecule has 0 spiro atoms. The summed E-state index contributed by atoms with van der Waals surface area (Å²) in [4.78, 5) is 12.3. The van der Waals surface area contributed by atoms with Gasteiger partial charge < -0.3 is 19.2 Å². The smallest absolute Gasteiger partial charge is 0.230 e. The highest BCUT2D eigenvalue weighted by molar-refractivity contribution is 7.99. The van der Waals surface area contributed by atoms with Crippen LogP contribution in [0.1, 0.15) is 5.56 Å². The SMILES string of the molecule is COc1ccc(CCNC(=O)CSc2nnc3ccc(-c4ccco4)nn23)cc1OC. The Labute approximate surface area is 182 Å². The summed E-state index contributed by atoms with van der Waals surface area (Å²) in [5.41, 5.74) is 2.31. The number of carbonyl (C=O) groups excluding carboxylic acids is 1. The Morgan fingerprint density at radius 2 is 2.00 bits per heavy atom. The number of nitrogens with one attached hydrogen (secondary N) is 1. The molecule has 0 radical (unpaired) electrons. The minimum atomic E-state index is -0.0931. The van der Waals surface area contributed by atoms with E-state index in [0.29, 0.717) is 46.7 Å². The number of methoxy groups -OCH3 is 2. The molecule has 0 saturated carbocycles. The van der Waals surface area contributed by atoms with E-state index in [0.717, 1.165) is 5.56 Å². The first-order chi connectivity index (χ1) is 15.2. The van der Waals surface area contributed by atoms with Crippen LogP contribution in [0.25, 0.3) is 17.1 Å². The minimum absolute atomic E-state index is 0.0931. The molecular weight excluding hydrogens is 418 g/mol. The van der Waals surface area contributed by atoms with Crippen molar-refractivity contribution < 1.29 is 18.7 Å². The molecule has 0 aliphatic carbocycles. The number of aromatic nitrogens is 4. The molecule has 4 rings (SSSR count).